The van der Waals surface area contributed by atoms with E-state index >= 15 is 0 Å². The topological polar surface area (TPSA) is 29.5 Å². The Morgan fingerprint density at radius 3 is 2.76 bits per heavy atom. The molecule has 1 fully saturated rings. The van der Waals surface area contributed by atoms with Gasteiger partial charge in [0.05, 0.1) is 23.8 Å². The van der Waals surface area contributed by atoms with Crippen LogP contribution in [-0.4, -0.2) is 30.5 Å². The highest BCUT2D eigenvalue weighted by atomic mass is 35.5. The second-order valence-electron chi connectivity index (χ2n) is 6.36. The number of piperidine rings is 1. The first-order chi connectivity index (χ1) is 12.1. The van der Waals surface area contributed by atoms with Gasteiger partial charge < -0.3 is 9.64 Å². The molecule has 0 bridgehead atoms. The van der Waals surface area contributed by atoms with Gasteiger partial charge in [-0.25, -0.2) is 4.39 Å². The summed E-state index contributed by atoms with van der Waals surface area (Å²) in [7, 11) is 0. The number of carbonyl (C=O) groups is 1. The van der Waals surface area contributed by atoms with Crippen LogP contribution in [0.1, 0.15) is 28.8 Å². The maximum absolute atomic E-state index is 14.0. The number of ether oxygens (including phenoxy) is 1. The van der Waals surface area contributed by atoms with Gasteiger partial charge in [-0.1, -0.05) is 48.0 Å². The van der Waals surface area contributed by atoms with Crippen LogP contribution >= 0.6 is 11.6 Å². The number of rotatable bonds is 5. The molecule has 3 rings (SSSR count). The third-order valence-corrected chi connectivity index (χ3v) is 4.76. The van der Waals surface area contributed by atoms with E-state index in [1.807, 2.05) is 30.3 Å². The minimum atomic E-state index is -0.569. The number of amides is 1. The minimum Gasteiger partial charge on any atom is -0.376 e. The third-order valence-electron chi connectivity index (χ3n) is 4.45. The van der Waals surface area contributed by atoms with E-state index in [9.17, 15) is 9.18 Å². The molecule has 2 aromatic carbocycles. The molecule has 0 aliphatic carbocycles. The molecule has 1 unspecified atom stereocenters. The molecule has 25 heavy (non-hydrogen) atoms. The van der Waals surface area contributed by atoms with Crippen molar-refractivity contribution in [3.05, 3.63) is 70.5 Å². The lowest BCUT2D eigenvalue weighted by atomic mass is 9.98. The standard InChI is InChI=1S/C20H21ClFNO2/c21-17-9-4-10-18(22)19(17)20(24)23-11-5-8-16(12-23)14-25-13-15-6-2-1-3-7-15/h1-4,6-7,9-10,16H,5,8,11-14H2. The number of hydrogen-bond donors (Lipinski definition) is 0. The zero-order chi connectivity index (χ0) is 17.6. The first-order valence-electron chi connectivity index (χ1n) is 8.50. The van der Waals surface area contributed by atoms with Crippen molar-refractivity contribution < 1.29 is 13.9 Å². The average molecular weight is 362 g/mol. The fourth-order valence-corrected chi connectivity index (χ4v) is 3.41. The summed E-state index contributed by atoms with van der Waals surface area (Å²) < 4.78 is 19.8. The molecule has 3 nitrogen and oxygen atoms in total. The van der Waals surface area contributed by atoms with E-state index < -0.39 is 5.82 Å². The van der Waals surface area contributed by atoms with Crippen LogP contribution in [0.5, 0.6) is 0 Å². The van der Waals surface area contributed by atoms with Crippen molar-refractivity contribution in [2.24, 2.45) is 5.92 Å². The first kappa shape index (κ1) is 17.9. The molecule has 0 spiro atoms. The Morgan fingerprint density at radius 2 is 2.00 bits per heavy atom. The van der Waals surface area contributed by atoms with E-state index in [2.05, 4.69) is 0 Å². The molecule has 5 heteroatoms. The molecule has 1 atom stereocenters. The molecule has 1 saturated heterocycles. The summed E-state index contributed by atoms with van der Waals surface area (Å²) in [5, 5.41) is 0.160. The van der Waals surface area contributed by atoms with Gasteiger partial charge in [-0.05, 0) is 36.5 Å². The van der Waals surface area contributed by atoms with Gasteiger partial charge in [0.1, 0.15) is 5.82 Å². The Kier molecular flexibility index (Phi) is 6.05. The van der Waals surface area contributed by atoms with Gasteiger partial charge in [0, 0.05) is 13.1 Å². The van der Waals surface area contributed by atoms with Crippen molar-refractivity contribution in [2.45, 2.75) is 19.4 Å². The maximum atomic E-state index is 14.0. The van der Waals surface area contributed by atoms with Crippen LogP contribution in [0.2, 0.25) is 5.02 Å². The van der Waals surface area contributed by atoms with E-state index in [0.717, 1.165) is 18.4 Å². The quantitative estimate of drug-likeness (QED) is 0.782. The smallest absolute Gasteiger partial charge is 0.258 e. The summed E-state index contributed by atoms with van der Waals surface area (Å²) >= 11 is 6.02. The Morgan fingerprint density at radius 1 is 1.20 bits per heavy atom. The Hall–Kier alpha value is -1.91. The van der Waals surface area contributed by atoms with Crippen LogP contribution in [0.15, 0.2) is 48.5 Å². The van der Waals surface area contributed by atoms with Crippen molar-refractivity contribution in [1.29, 1.82) is 0 Å². The number of likely N-dealkylation sites (tertiary alicyclic amines) is 1. The highest BCUT2D eigenvalue weighted by molar-refractivity contribution is 6.33. The summed E-state index contributed by atoms with van der Waals surface area (Å²) in [5.74, 6) is -0.650. The van der Waals surface area contributed by atoms with Crippen molar-refractivity contribution in [1.82, 2.24) is 4.90 Å². The fourth-order valence-electron chi connectivity index (χ4n) is 3.16. The van der Waals surface area contributed by atoms with Crippen molar-refractivity contribution >= 4 is 17.5 Å². The van der Waals surface area contributed by atoms with Gasteiger partial charge >= 0.3 is 0 Å². The minimum absolute atomic E-state index is 0.0324. The van der Waals surface area contributed by atoms with Gasteiger partial charge in [0.15, 0.2) is 0 Å². The summed E-state index contributed by atoms with van der Waals surface area (Å²) in [6.07, 6.45) is 1.89. The van der Waals surface area contributed by atoms with Crippen LogP contribution < -0.4 is 0 Å². The summed E-state index contributed by atoms with van der Waals surface area (Å²) in [6.45, 7) is 2.34. The zero-order valence-corrected chi connectivity index (χ0v) is 14.7. The molecule has 1 aliphatic rings. The second kappa shape index (κ2) is 8.45. The van der Waals surface area contributed by atoms with Gasteiger partial charge in [-0.2, -0.15) is 0 Å². The normalized spacial score (nSPS) is 17.5. The highest BCUT2D eigenvalue weighted by Gasteiger charge is 2.27. The average Bonchev–Trinajstić information content (AvgIpc) is 2.63. The van der Waals surface area contributed by atoms with Crippen LogP contribution in [0.25, 0.3) is 0 Å². The van der Waals surface area contributed by atoms with Crippen LogP contribution in [0.3, 0.4) is 0 Å². The second-order valence-corrected chi connectivity index (χ2v) is 6.76. The first-order valence-corrected chi connectivity index (χ1v) is 8.88. The number of nitrogens with zero attached hydrogens (tertiary/aromatic N) is 1. The third kappa shape index (κ3) is 4.59. The van der Waals surface area contributed by atoms with Crippen LogP contribution in [-0.2, 0) is 11.3 Å². The van der Waals surface area contributed by atoms with Crippen molar-refractivity contribution in [2.75, 3.05) is 19.7 Å². The summed E-state index contributed by atoms with van der Waals surface area (Å²) in [5.41, 5.74) is 1.10. The molecule has 2 aromatic rings. The van der Waals surface area contributed by atoms with E-state index in [1.165, 1.54) is 12.1 Å². The number of benzene rings is 2. The number of carbonyl (C=O) groups excluding carboxylic acids is 1. The van der Waals surface area contributed by atoms with E-state index in [0.29, 0.717) is 26.3 Å². The van der Waals surface area contributed by atoms with E-state index in [1.54, 1.807) is 11.0 Å². The van der Waals surface area contributed by atoms with Gasteiger partial charge in [0.25, 0.3) is 5.91 Å². The maximum Gasteiger partial charge on any atom is 0.258 e. The predicted molar refractivity (Wildman–Crippen MR) is 96.1 cm³/mol. The molecular formula is C20H21ClFNO2. The van der Waals surface area contributed by atoms with Crippen LogP contribution in [0.4, 0.5) is 4.39 Å². The van der Waals surface area contributed by atoms with Gasteiger partial charge in [-0.15, -0.1) is 0 Å². The largest absolute Gasteiger partial charge is 0.376 e. The molecule has 0 saturated carbocycles. The van der Waals surface area contributed by atoms with E-state index in [-0.39, 0.29) is 22.4 Å². The molecule has 1 aliphatic heterocycles. The van der Waals surface area contributed by atoms with Crippen LogP contribution in [0, 0.1) is 11.7 Å². The number of halogens is 2. The van der Waals surface area contributed by atoms with Gasteiger partial charge in [0.2, 0.25) is 0 Å². The fraction of sp³-hybridized carbons (Fsp3) is 0.350. The molecular weight excluding hydrogens is 341 g/mol. The van der Waals surface area contributed by atoms with Crippen molar-refractivity contribution in [3.8, 4) is 0 Å². The number of hydrogen-bond acceptors (Lipinski definition) is 2. The predicted octanol–water partition coefficient (Wildman–Crippen LogP) is 4.55. The van der Waals surface area contributed by atoms with E-state index in [4.69, 9.17) is 16.3 Å². The molecule has 0 radical (unpaired) electrons. The Balaban J connectivity index is 1.56. The lowest BCUT2D eigenvalue weighted by molar-refractivity contribution is 0.0423. The monoisotopic (exact) mass is 361 g/mol. The molecule has 1 heterocycles. The Labute approximate surface area is 152 Å². The highest BCUT2D eigenvalue weighted by Crippen LogP contribution is 2.24. The zero-order valence-electron chi connectivity index (χ0n) is 14.0. The SMILES string of the molecule is O=C(c1c(F)cccc1Cl)N1CCCC(COCc2ccccc2)C1. The van der Waals surface area contributed by atoms with Crippen molar-refractivity contribution in [3.63, 3.8) is 0 Å². The lowest BCUT2D eigenvalue weighted by Gasteiger charge is -2.33. The Bertz CT molecular complexity index is 703. The van der Waals surface area contributed by atoms with Gasteiger partial charge in [-0.3, -0.25) is 4.79 Å². The molecule has 0 N–H and O–H groups in total. The summed E-state index contributed by atoms with van der Waals surface area (Å²) in [4.78, 5) is 14.3. The summed E-state index contributed by atoms with van der Waals surface area (Å²) in [6, 6.07) is 14.3. The lowest BCUT2D eigenvalue weighted by Crippen LogP contribution is -2.41. The molecule has 0 aromatic heterocycles. The molecule has 1 amide bonds. The molecule has 132 valence electrons.